The number of amides is 1. The molecule has 1 aromatic heterocycles. The molecule has 6 nitrogen and oxygen atoms in total. The summed E-state index contributed by atoms with van der Waals surface area (Å²) in [6, 6.07) is 10.4. The average Bonchev–Trinajstić information content (AvgIpc) is 2.60. The van der Waals surface area contributed by atoms with Crippen LogP contribution in [0.4, 0.5) is 13.2 Å². The minimum absolute atomic E-state index is 0.234. The van der Waals surface area contributed by atoms with Crippen LogP contribution in [0.5, 0.6) is 0 Å². The number of rotatable bonds is 7. The van der Waals surface area contributed by atoms with Gasteiger partial charge in [0.1, 0.15) is 6.54 Å². The van der Waals surface area contributed by atoms with Crippen molar-refractivity contribution >= 4 is 5.91 Å². The molecule has 0 saturated heterocycles. The zero-order valence-corrected chi connectivity index (χ0v) is 14.1. The van der Waals surface area contributed by atoms with E-state index in [1.54, 1.807) is 0 Å². The van der Waals surface area contributed by atoms with E-state index in [0.717, 1.165) is 11.6 Å². The number of halogens is 3. The van der Waals surface area contributed by atoms with Gasteiger partial charge in [-0.25, -0.2) is 4.68 Å². The van der Waals surface area contributed by atoms with Crippen molar-refractivity contribution in [3.8, 4) is 0 Å². The molecule has 0 atom stereocenters. The van der Waals surface area contributed by atoms with E-state index in [0.29, 0.717) is 10.7 Å². The highest BCUT2D eigenvalue weighted by molar-refractivity contribution is 5.75. The Morgan fingerprint density at radius 1 is 1.19 bits per heavy atom. The van der Waals surface area contributed by atoms with Crippen LogP contribution in [-0.2, 0) is 28.8 Å². The molecule has 2 rings (SSSR count). The number of carbonyl (C=O) groups excluding carboxylic acids is 1. The van der Waals surface area contributed by atoms with Gasteiger partial charge in [-0.15, -0.1) is 0 Å². The maximum absolute atomic E-state index is 12.8. The molecule has 0 aliphatic rings. The number of hydrogen-bond acceptors (Lipinski definition) is 4. The molecule has 26 heavy (non-hydrogen) atoms. The lowest BCUT2D eigenvalue weighted by molar-refractivity contribution is -0.143. The summed E-state index contributed by atoms with van der Waals surface area (Å²) in [5.74, 6) is -0.528. The van der Waals surface area contributed by atoms with Gasteiger partial charge in [-0.05, 0) is 11.6 Å². The van der Waals surface area contributed by atoms with Crippen LogP contribution in [0.2, 0.25) is 0 Å². The third kappa shape index (κ3) is 5.41. The van der Waals surface area contributed by atoms with Crippen LogP contribution < -0.4 is 5.56 Å². The lowest BCUT2D eigenvalue weighted by Gasteiger charge is -2.23. The van der Waals surface area contributed by atoms with Gasteiger partial charge in [-0.1, -0.05) is 30.3 Å². The van der Waals surface area contributed by atoms with Crippen LogP contribution in [0.3, 0.4) is 0 Å². The van der Waals surface area contributed by atoms with Gasteiger partial charge >= 0.3 is 6.18 Å². The van der Waals surface area contributed by atoms with Crippen molar-refractivity contribution in [3.05, 3.63) is 64.1 Å². The second-order valence-corrected chi connectivity index (χ2v) is 5.51. The highest BCUT2D eigenvalue weighted by Gasteiger charge is 2.33. The van der Waals surface area contributed by atoms with E-state index >= 15 is 0 Å². The van der Waals surface area contributed by atoms with E-state index in [9.17, 15) is 22.8 Å². The smallest absolute Gasteiger partial charge is 0.383 e. The number of alkyl halides is 3. The fraction of sp³-hybridized carbons (Fsp3) is 0.353. The molecule has 0 spiro atoms. The van der Waals surface area contributed by atoms with Crippen molar-refractivity contribution in [3.63, 3.8) is 0 Å². The predicted molar refractivity (Wildman–Crippen MR) is 87.2 cm³/mol. The summed E-state index contributed by atoms with van der Waals surface area (Å²) in [5.41, 5.74) is -1.16. The zero-order valence-electron chi connectivity index (χ0n) is 14.1. The first kappa shape index (κ1) is 19.6. The molecule has 1 amide bonds. The van der Waals surface area contributed by atoms with Gasteiger partial charge in [0.05, 0.1) is 6.61 Å². The molecule has 0 aliphatic heterocycles. The van der Waals surface area contributed by atoms with Gasteiger partial charge in [0.2, 0.25) is 5.91 Å². The van der Waals surface area contributed by atoms with Crippen LogP contribution in [-0.4, -0.2) is 40.8 Å². The molecular formula is C17H18F3N3O3. The number of ether oxygens (including phenoxy) is 1. The number of carbonyl (C=O) groups is 1. The molecular weight excluding hydrogens is 351 g/mol. The summed E-state index contributed by atoms with van der Waals surface area (Å²) in [7, 11) is 1.48. The van der Waals surface area contributed by atoms with Crippen molar-refractivity contribution in [1.29, 1.82) is 0 Å². The average molecular weight is 369 g/mol. The SMILES string of the molecule is COCCN(Cc1ccccc1)C(=O)Cn1nc(C(F)(F)F)ccc1=O. The molecule has 0 aliphatic carbocycles. The molecule has 1 aromatic carbocycles. The fourth-order valence-corrected chi connectivity index (χ4v) is 2.24. The van der Waals surface area contributed by atoms with E-state index in [-0.39, 0.29) is 19.7 Å². The van der Waals surface area contributed by atoms with Gasteiger partial charge in [-0.3, -0.25) is 9.59 Å². The van der Waals surface area contributed by atoms with Crippen LogP contribution >= 0.6 is 0 Å². The van der Waals surface area contributed by atoms with Crippen molar-refractivity contribution < 1.29 is 22.7 Å². The number of nitrogens with zero attached hydrogens (tertiary/aromatic N) is 3. The van der Waals surface area contributed by atoms with Crippen LogP contribution in [0.25, 0.3) is 0 Å². The number of methoxy groups -OCH3 is 1. The second kappa shape index (κ2) is 8.61. The highest BCUT2D eigenvalue weighted by atomic mass is 19.4. The Morgan fingerprint density at radius 2 is 1.88 bits per heavy atom. The van der Waals surface area contributed by atoms with Gasteiger partial charge in [0.15, 0.2) is 5.69 Å². The lowest BCUT2D eigenvalue weighted by Crippen LogP contribution is -2.39. The third-order valence-corrected chi connectivity index (χ3v) is 3.58. The van der Waals surface area contributed by atoms with Crippen molar-refractivity contribution in [2.24, 2.45) is 0 Å². The molecule has 140 valence electrons. The first-order valence-electron chi connectivity index (χ1n) is 7.77. The highest BCUT2D eigenvalue weighted by Crippen LogP contribution is 2.26. The zero-order chi connectivity index (χ0) is 19.2. The van der Waals surface area contributed by atoms with Crippen molar-refractivity contribution in [2.45, 2.75) is 19.3 Å². The largest absolute Gasteiger partial charge is 0.435 e. The Bertz CT molecular complexity index is 791. The van der Waals surface area contributed by atoms with Crippen LogP contribution in [0.15, 0.2) is 47.3 Å². The van der Waals surface area contributed by atoms with E-state index < -0.39 is 29.9 Å². The molecule has 2 aromatic rings. The van der Waals surface area contributed by atoms with E-state index in [1.165, 1.54) is 12.0 Å². The minimum Gasteiger partial charge on any atom is -0.383 e. The lowest BCUT2D eigenvalue weighted by atomic mass is 10.2. The standard InChI is InChI=1S/C17H18F3N3O3/c1-26-10-9-22(11-13-5-3-2-4-6-13)16(25)12-23-15(24)8-7-14(21-23)17(18,19)20/h2-8H,9-12H2,1H3. The Hall–Kier alpha value is -2.68. The molecule has 9 heteroatoms. The van der Waals surface area contributed by atoms with Gasteiger partial charge in [-0.2, -0.15) is 18.3 Å². The predicted octanol–water partition coefficient (Wildman–Crippen LogP) is 1.94. The number of hydrogen-bond donors (Lipinski definition) is 0. The number of benzene rings is 1. The van der Waals surface area contributed by atoms with Gasteiger partial charge in [0, 0.05) is 26.3 Å². The van der Waals surface area contributed by atoms with E-state index in [4.69, 9.17) is 4.74 Å². The first-order chi connectivity index (χ1) is 12.3. The Kier molecular flexibility index (Phi) is 6.51. The summed E-state index contributed by atoms with van der Waals surface area (Å²) in [6.45, 7) is 0.150. The summed E-state index contributed by atoms with van der Waals surface area (Å²) in [4.78, 5) is 25.7. The van der Waals surface area contributed by atoms with E-state index in [2.05, 4.69) is 5.10 Å². The van der Waals surface area contributed by atoms with Gasteiger partial charge in [0.25, 0.3) is 5.56 Å². The molecule has 0 radical (unpaired) electrons. The Labute approximate surface area is 147 Å². The minimum atomic E-state index is -4.70. The molecule has 0 unspecified atom stereocenters. The summed E-state index contributed by atoms with van der Waals surface area (Å²) in [5, 5.41) is 3.25. The number of aromatic nitrogens is 2. The summed E-state index contributed by atoms with van der Waals surface area (Å²) < 4.78 is 43.8. The molecule has 0 N–H and O–H groups in total. The van der Waals surface area contributed by atoms with Crippen LogP contribution in [0, 0.1) is 0 Å². The molecule has 0 saturated carbocycles. The maximum atomic E-state index is 12.8. The van der Waals surface area contributed by atoms with Crippen LogP contribution in [0.1, 0.15) is 11.3 Å². The molecule has 0 bridgehead atoms. The topological polar surface area (TPSA) is 64.4 Å². The molecule has 0 fully saturated rings. The summed E-state index contributed by atoms with van der Waals surface area (Å²) >= 11 is 0. The second-order valence-electron chi connectivity index (χ2n) is 5.51. The van der Waals surface area contributed by atoms with Crippen molar-refractivity contribution in [1.82, 2.24) is 14.7 Å². The monoisotopic (exact) mass is 369 g/mol. The summed E-state index contributed by atoms with van der Waals surface area (Å²) in [6.07, 6.45) is -4.70. The Balaban J connectivity index is 2.19. The maximum Gasteiger partial charge on any atom is 0.435 e. The van der Waals surface area contributed by atoms with E-state index in [1.807, 2.05) is 30.3 Å². The van der Waals surface area contributed by atoms with Crippen molar-refractivity contribution in [2.75, 3.05) is 20.3 Å². The quantitative estimate of drug-likeness (QED) is 0.748. The Morgan fingerprint density at radius 3 is 2.50 bits per heavy atom. The third-order valence-electron chi connectivity index (χ3n) is 3.58. The molecule has 1 heterocycles. The van der Waals surface area contributed by atoms with Gasteiger partial charge < -0.3 is 9.64 Å². The normalized spacial score (nSPS) is 11.4. The first-order valence-corrected chi connectivity index (χ1v) is 7.77. The fourth-order valence-electron chi connectivity index (χ4n) is 2.24.